The van der Waals surface area contributed by atoms with Crippen molar-refractivity contribution in [1.82, 2.24) is 5.32 Å². The van der Waals surface area contributed by atoms with Gasteiger partial charge in [-0.3, -0.25) is 0 Å². The van der Waals surface area contributed by atoms with Gasteiger partial charge < -0.3 is 10.1 Å². The summed E-state index contributed by atoms with van der Waals surface area (Å²) in [4.78, 5) is 0. The van der Waals surface area contributed by atoms with E-state index in [2.05, 4.69) is 24.0 Å². The standard InChI is InChI=1S/C13H25NOS/c1-11(13-2-6-15-7-3-13)14-10-12-4-8-16-9-5-12/h11-14H,2-10H2,1H3. The van der Waals surface area contributed by atoms with Crippen molar-refractivity contribution in [2.24, 2.45) is 11.8 Å². The third kappa shape index (κ3) is 3.94. The van der Waals surface area contributed by atoms with Gasteiger partial charge in [0.2, 0.25) is 0 Å². The Morgan fingerprint density at radius 2 is 1.88 bits per heavy atom. The van der Waals surface area contributed by atoms with E-state index in [4.69, 9.17) is 4.74 Å². The van der Waals surface area contributed by atoms with E-state index < -0.39 is 0 Å². The largest absolute Gasteiger partial charge is 0.381 e. The van der Waals surface area contributed by atoms with E-state index in [-0.39, 0.29) is 0 Å². The predicted octanol–water partition coefficient (Wildman–Crippen LogP) is 2.53. The quantitative estimate of drug-likeness (QED) is 0.820. The van der Waals surface area contributed by atoms with E-state index in [1.807, 2.05) is 0 Å². The van der Waals surface area contributed by atoms with Crippen molar-refractivity contribution in [3.05, 3.63) is 0 Å². The first kappa shape index (κ1) is 12.7. The molecule has 3 heteroatoms. The molecule has 0 aromatic heterocycles. The minimum absolute atomic E-state index is 0.679. The van der Waals surface area contributed by atoms with Gasteiger partial charge in [0.1, 0.15) is 0 Å². The molecule has 2 nitrogen and oxygen atoms in total. The molecule has 1 N–H and O–H groups in total. The van der Waals surface area contributed by atoms with Gasteiger partial charge in [0, 0.05) is 19.3 Å². The summed E-state index contributed by atoms with van der Waals surface area (Å²) in [7, 11) is 0. The van der Waals surface area contributed by atoms with Crippen LogP contribution in [0.1, 0.15) is 32.6 Å². The van der Waals surface area contributed by atoms with Crippen molar-refractivity contribution in [2.75, 3.05) is 31.3 Å². The third-order valence-corrected chi connectivity index (χ3v) is 5.09. The van der Waals surface area contributed by atoms with Crippen LogP contribution in [0, 0.1) is 11.8 Å². The van der Waals surface area contributed by atoms with Crippen LogP contribution in [-0.2, 0) is 4.74 Å². The molecule has 1 unspecified atom stereocenters. The summed E-state index contributed by atoms with van der Waals surface area (Å²) < 4.78 is 5.41. The van der Waals surface area contributed by atoms with Crippen LogP contribution in [0.15, 0.2) is 0 Å². The van der Waals surface area contributed by atoms with E-state index >= 15 is 0 Å². The topological polar surface area (TPSA) is 21.3 Å². The van der Waals surface area contributed by atoms with E-state index in [1.165, 1.54) is 43.7 Å². The molecule has 94 valence electrons. The Morgan fingerprint density at radius 1 is 1.19 bits per heavy atom. The van der Waals surface area contributed by atoms with Crippen molar-refractivity contribution < 1.29 is 4.74 Å². The summed E-state index contributed by atoms with van der Waals surface area (Å²) in [6, 6.07) is 0.679. The lowest BCUT2D eigenvalue weighted by Crippen LogP contribution is -2.39. The first-order valence-electron chi connectivity index (χ1n) is 6.75. The van der Waals surface area contributed by atoms with Crippen LogP contribution in [0.3, 0.4) is 0 Å². The van der Waals surface area contributed by atoms with E-state index in [1.54, 1.807) is 0 Å². The molecule has 0 spiro atoms. The molecule has 2 fully saturated rings. The summed E-state index contributed by atoms with van der Waals surface area (Å²) in [5.74, 6) is 4.52. The Morgan fingerprint density at radius 3 is 2.56 bits per heavy atom. The molecule has 0 aromatic carbocycles. The highest BCUT2D eigenvalue weighted by Crippen LogP contribution is 2.23. The molecule has 0 aliphatic carbocycles. The fourth-order valence-corrected chi connectivity index (χ4v) is 3.89. The number of rotatable bonds is 4. The van der Waals surface area contributed by atoms with Gasteiger partial charge in [0.15, 0.2) is 0 Å². The van der Waals surface area contributed by atoms with Crippen LogP contribution >= 0.6 is 11.8 Å². The van der Waals surface area contributed by atoms with Crippen LogP contribution in [0.4, 0.5) is 0 Å². The molecule has 0 amide bonds. The van der Waals surface area contributed by atoms with Crippen molar-refractivity contribution in [3.63, 3.8) is 0 Å². The molecule has 0 saturated carbocycles. The van der Waals surface area contributed by atoms with Crippen LogP contribution < -0.4 is 5.32 Å². The Kier molecular flexibility index (Phi) is 5.46. The Balaban J connectivity index is 1.63. The van der Waals surface area contributed by atoms with Crippen LogP contribution in [-0.4, -0.2) is 37.3 Å². The SMILES string of the molecule is CC(NCC1CCSCC1)C1CCOCC1. The zero-order valence-electron chi connectivity index (χ0n) is 10.4. The zero-order chi connectivity index (χ0) is 11.2. The fraction of sp³-hybridized carbons (Fsp3) is 1.00. The minimum Gasteiger partial charge on any atom is -0.381 e. The summed E-state index contributed by atoms with van der Waals surface area (Å²) in [5, 5.41) is 3.76. The molecule has 2 aliphatic rings. The van der Waals surface area contributed by atoms with Crippen molar-refractivity contribution in [2.45, 2.75) is 38.6 Å². The molecule has 0 aromatic rings. The molecular formula is C13H25NOS. The van der Waals surface area contributed by atoms with Gasteiger partial charge in [-0.25, -0.2) is 0 Å². The molecule has 2 rings (SSSR count). The smallest absolute Gasteiger partial charge is 0.0469 e. The maximum absolute atomic E-state index is 5.41. The minimum atomic E-state index is 0.679. The van der Waals surface area contributed by atoms with Crippen LogP contribution in [0.2, 0.25) is 0 Å². The molecule has 0 radical (unpaired) electrons. The normalized spacial score (nSPS) is 26.8. The molecule has 16 heavy (non-hydrogen) atoms. The van der Waals surface area contributed by atoms with Gasteiger partial charge >= 0.3 is 0 Å². The summed E-state index contributed by atoms with van der Waals surface area (Å²) in [6.07, 6.45) is 5.32. The lowest BCUT2D eigenvalue weighted by molar-refractivity contribution is 0.0554. The average Bonchev–Trinajstić information content (AvgIpc) is 2.38. The van der Waals surface area contributed by atoms with Gasteiger partial charge in [-0.05, 0) is 62.5 Å². The monoisotopic (exact) mass is 243 g/mol. The second kappa shape index (κ2) is 6.87. The number of hydrogen-bond donors (Lipinski definition) is 1. The summed E-state index contributed by atoms with van der Waals surface area (Å²) in [5.41, 5.74) is 0. The number of ether oxygens (including phenoxy) is 1. The van der Waals surface area contributed by atoms with E-state index in [0.717, 1.165) is 25.0 Å². The maximum Gasteiger partial charge on any atom is 0.0469 e. The Labute approximate surface area is 104 Å². The molecule has 1 atom stereocenters. The highest BCUT2D eigenvalue weighted by Gasteiger charge is 2.21. The number of hydrogen-bond acceptors (Lipinski definition) is 3. The van der Waals surface area contributed by atoms with Crippen molar-refractivity contribution in [3.8, 4) is 0 Å². The Hall–Kier alpha value is 0.270. The second-order valence-electron chi connectivity index (χ2n) is 5.20. The second-order valence-corrected chi connectivity index (χ2v) is 6.43. The highest BCUT2D eigenvalue weighted by atomic mass is 32.2. The lowest BCUT2D eigenvalue weighted by atomic mass is 9.92. The molecule has 0 bridgehead atoms. The predicted molar refractivity (Wildman–Crippen MR) is 71.1 cm³/mol. The molecular weight excluding hydrogens is 218 g/mol. The molecule has 2 saturated heterocycles. The zero-order valence-corrected chi connectivity index (χ0v) is 11.2. The van der Waals surface area contributed by atoms with E-state index in [0.29, 0.717) is 6.04 Å². The number of thioether (sulfide) groups is 1. The highest BCUT2D eigenvalue weighted by molar-refractivity contribution is 7.99. The van der Waals surface area contributed by atoms with Crippen LogP contribution in [0.5, 0.6) is 0 Å². The van der Waals surface area contributed by atoms with Gasteiger partial charge in [-0.2, -0.15) is 11.8 Å². The van der Waals surface area contributed by atoms with Gasteiger partial charge in [0.05, 0.1) is 0 Å². The van der Waals surface area contributed by atoms with Crippen molar-refractivity contribution in [1.29, 1.82) is 0 Å². The van der Waals surface area contributed by atoms with Crippen molar-refractivity contribution >= 4 is 11.8 Å². The summed E-state index contributed by atoms with van der Waals surface area (Å²) in [6.45, 7) is 5.53. The number of nitrogens with one attached hydrogen (secondary N) is 1. The Bertz CT molecular complexity index is 188. The fourth-order valence-electron chi connectivity index (χ4n) is 2.69. The van der Waals surface area contributed by atoms with Gasteiger partial charge in [0.25, 0.3) is 0 Å². The third-order valence-electron chi connectivity index (χ3n) is 4.04. The van der Waals surface area contributed by atoms with Gasteiger partial charge in [-0.15, -0.1) is 0 Å². The first-order valence-corrected chi connectivity index (χ1v) is 7.90. The average molecular weight is 243 g/mol. The maximum atomic E-state index is 5.41. The summed E-state index contributed by atoms with van der Waals surface area (Å²) >= 11 is 2.12. The van der Waals surface area contributed by atoms with Crippen LogP contribution in [0.25, 0.3) is 0 Å². The van der Waals surface area contributed by atoms with Gasteiger partial charge in [-0.1, -0.05) is 0 Å². The molecule has 2 heterocycles. The molecule has 2 aliphatic heterocycles. The first-order chi connectivity index (χ1) is 7.86. The van der Waals surface area contributed by atoms with E-state index in [9.17, 15) is 0 Å². The lowest BCUT2D eigenvalue weighted by Gasteiger charge is -2.30.